The third-order valence-electron chi connectivity index (χ3n) is 3.09. The van der Waals surface area contributed by atoms with Crippen molar-refractivity contribution in [2.75, 3.05) is 11.9 Å². The number of carbonyl (C=O) groups excluding carboxylic acids is 1. The molecule has 0 saturated carbocycles. The van der Waals surface area contributed by atoms with Gasteiger partial charge in [-0.25, -0.2) is 0 Å². The predicted octanol–water partition coefficient (Wildman–Crippen LogP) is 4.29. The molecule has 0 N–H and O–H groups in total. The molecule has 0 atom stereocenters. The molecule has 0 fully saturated rings. The maximum atomic E-state index is 11.8. The summed E-state index contributed by atoms with van der Waals surface area (Å²) in [5.41, 5.74) is 2.75. The smallest absolute Gasteiger partial charge is 0.161 e. The van der Waals surface area contributed by atoms with Crippen molar-refractivity contribution in [3.8, 4) is 6.07 Å². The SMILES string of the molecule is CC(=O)c1cc(Br)ccc1N(C)c1ccccc1C#N. The number of para-hydroxylation sites is 1. The number of nitrogens with zero attached hydrogens (tertiary/aromatic N) is 2. The summed E-state index contributed by atoms with van der Waals surface area (Å²) in [6, 6.07) is 15.0. The molecular weight excluding hydrogens is 316 g/mol. The van der Waals surface area contributed by atoms with Crippen molar-refractivity contribution < 1.29 is 4.79 Å². The minimum absolute atomic E-state index is 0.0115. The van der Waals surface area contributed by atoms with Crippen LogP contribution in [0.5, 0.6) is 0 Å². The Hall–Kier alpha value is -2.12. The monoisotopic (exact) mass is 328 g/mol. The van der Waals surface area contributed by atoms with Crippen molar-refractivity contribution in [2.45, 2.75) is 6.92 Å². The molecule has 0 spiro atoms. The van der Waals surface area contributed by atoms with E-state index in [0.717, 1.165) is 15.8 Å². The molecular formula is C16H13BrN2O. The Morgan fingerprint density at radius 3 is 2.55 bits per heavy atom. The minimum atomic E-state index is -0.0115. The molecule has 0 bridgehead atoms. The van der Waals surface area contributed by atoms with E-state index < -0.39 is 0 Å². The Morgan fingerprint density at radius 2 is 1.90 bits per heavy atom. The summed E-state index contributed by atoms with van der Waals surface area (Å²) in [5, 5.41) is 9.19. The largest absolute Gasteiger partial charge is 0.343 e. The van der Waals surface area contributed by atoms with Crippen LogP contribution in [-0.4, -0.2) is 12.8 Å². The van der Waals surface area contributed by atoms with E-state index in [2.05, 4.69) is 22.0 Å². The Balaban J connectivity index is 2.57. The molecule has 0 unspecified atom stereocenters. The molecule has 0 aliphatic heterocycles. The number of hydrogen-bond acceptors (Lipinski definition) is 3. The van der Waals surface area contributed by atoms with Gasteiger partial charge in [0, 0.05) is 17.1 Å². The Labute approximate surface area is 126 Å². The van der Waals surface area contributed by atoms with Crippen LogP contribution in [0.2, 0.25) is 0 Å². The second-order valence-corrected chi connectivity index (χ2v) is 5.32. The third kappa shape index (κ3) is 2.73. The summed E-state index contributed by atoms with van der Waals surface area (Å²) >= 11 is 3.38. The van der Waals surface area contributed by atoms with Crippen LogP contribution in [0, 0.1) is 11.3 Å². The normalized spacial score (nSPS) is 9.90. The molecule has 2 rings (SSSR count). The first-order chi connectivity index (χ1) is 9.54. The number of ketones is 1. The van der Waals surface area contributed by atoms with E-state index in [1.807, 2.05) is 42.3 Å². The number of carbonyl (C=O) groups is 1. The van der Waals surface area contributed by atoms with E-state index in [1.54, 1.807) is 12.1 Å². The van der Waals surface area contributed by atoms with Gasteiger partial charge in [0.25, 0.3) is 0 Å². The van der Waals surface area contributed by atoms with Crippen LogP contribution >= 0.6 is 15.9 Å². The van der Waals surface area contributed by atoms with Gasteiger partial charge in [0.15, 0.2) is 5.78 Å². The average molecular weight is 329 g/mol. The lowest BCUT2D eigenvalue weighted by Crippen LogP contribution is -2.14. The van der Waals surface area contributed by atoms with Crippen molar-refractivity contribution in [3.05, 3.63) is 58.1 Å². The number of rotatable bonds is 3. The highest BCUT2D eigenvalue weighted by molar-refractivity contribution is 9.10. The second kappa shape index (κ2) is 5.89. The number of anilines is 2. The van der Waals surface area contributed by atoms with E-state index in [4.69, 9.17) is 0 Å². The van der Waals surface area contributed by atoms with Crippen molar-refractivity contribution in [1.29, 1.82) is 5.26 Å². The fraction of sp³-hybridized carbons (Fsp3) is 0.125. The lowest BCUT2D eigenvalue weighted by Gasteiger charge is -2.23. The molecule has 2 aromatic rings. The minimum Gasteiger partial charge on any atom is -0.343 e. The van der Waals surface area contributed by atoms with E-state index in [0.29, 0.717) is 11.1 Å². The Kier molecular flexibility index (Phi) is 4.21. The quantitative estimate of drug-likeness (QED) is 0.789. The summed E-state index contributed by atoms with van der Waals surface area (Å²) in [6.45, 7) is 1.54. The van der Waals surface area contributed by atoms with Gasteiger partial charge in [0.1, 0.15) is 6.07 Å². The zero-order chi connectivity index (χ0) is 14.7. The molecule has 0 heterocycles. The standard InChI is InChI=1S/C16H13BrN2O/c1-11(20)14-9-13(17)7-8-16(14)19(2)15-6-4-3-5-12(15)10-18/h3-9H,1-2H3. The van der Waals surface area contributed by atoms with Gasteiger partial charge in [-0.1, -0.05) is 28.1 Å². The van der Waals surface area contributed by atoms with Crippen molar-refractivity contribution in [1.82, 2.24) is 0 Å². The summed E-state index contributed by atoms with van der Waals surface area (Å²) in [7, 11) is 1.85. The van der Waals surface area contributed by atoms with Crippen LogP contribution in [0.1, 0.15) is 22.8 Å². The van der Waals surface area contributed by atoms with Gasteiger partial charge in [0.2, 0.25) is 0 Å². The van der Waals surface area contributed by atoms with Crippen LogP contribution in [-0.2, 0) is 0 Å². The predicted molar refractivity (Wildman–Crippen MR) is 83.4 cm³/mol. The summed E-state index contributed by atoms with van der Waals surface area (Å²) in [6.07, 6.45) is 0. The molecule has 0 aliphatic carbocycles. The van der Waals surface area contributed by atoms with Crippen molar-refractivity contribution in [2.24, 2.45) is 0 Å². The molecule has 4 heteroatoms. The second-order valence-electron chi connectivity index (χ2n) is 4.41. The fourth-order valence-corrected chi connectivity index (χ4v) is 2.43. The number of hydrogen-bond donors (Lipinski definition) is 0. The molecule has 2 aromatic carbocycles. The highest BCUT2D eigenvalue weighted by Crippen LogP contribution is 2.31. The number of halogens is 1. The van der Waals surface area contributed by atoms with Crippen molar-refractivity contribution >= 4 is 33.1 Å². The van der Waals surface area contributed by atoms with E-state index >= 15 is 0 Å². The van der Waals surface area contributed by atoms with Crippen LogP contribution in [0.4, 0.5) is 11.4 Å². The molecule has 0 aliphatic rings. The molecule has 0 saturated heterocycles. The van der Waals surface area contributed by atoms with Gasteiger partial charge in [-0.15, -0.1) is 0 Å². The summed E-state index contributed by atoms with van der Waals surface area (Å²) in [5.74, 6) is -0.0115. The first-order valence-corrected chi connectivity index (χ1v) is 6.87. The van der Waals surface area contributed by atoms with Crippen LogP contribution in [0.25, 0.3) is 0 Å². The van der Waals surface area contributed by atoms with Gasteiger partial charge in [0.05, 0.1) is 16.9 Å². The van der Waals surface area contributed by atoms with Gasteiger partial charge in [-0.05, 0) is 37.3 Å². The molecule has 0 aromatic heterocycles. The first kappa shape index (κ1) is 14.3. The Bertz CT molecular complexity index is 704. The highest BCUT2D eigenvalue weighted by Gasteiger charge is 2.15. The van der Waals surface area contributed by atoms with Gasteiger partial charge >= 0.3 is 0 Å². The van der Waals surface area contributed by atoms with Crippen LogP contribution in [0.3, 0.4) is 0 Å². The zero-order valence-electron chi connectivity index (χ0n) is 11.2. The topological polar surface area (TPSA) is 44.1 Å². The van der Waals surface area contributed by atoms with Gasteiger partial charge in [-0.3, -0.25) is 4.79 Å². The number of benzene rings is 2. The van der Waals surface area contributed by atoms with E-state index in [-0.39, 0.29) is 5.78 Å². The van der Waals surface area contributed by atoms with Crippen LogP contribution in [0.15, 0.2) is 46.9 Å². The lowest BCUT2D eigenvalue weighted by atomic mass is 10.1. The third-order valence-corrected chi connectivity index (χ3v) is 3.58. The summed E-state index contributed by atoms with van der Waals surface area (Å²) < 4.78 is 0.855. The molecule has 0 radical (unpaired) electrons. The van der Waals surface area contributed by atoms with Gasteiger partial charge in [-0.2, -0.15) is 5.26 Å². The fourth-order valence-electron chi connectivity index (χ4n) is 2.07. The van der Waals surface area contributed by atoms with Crippen LogP contribution < -0.4 is 4.90 Å². The number of nitriles is 1. The zero-order valence-corrected chi connectivity index (χ0v) is 12.8. The number of Topliss-reactive ketones (excluding diaryl/α,β-unsaturated/α-hetero) is 1. The maximum absolute atomic E-state index is 11.8. The average Bonchev–Trinajstić information content (AvgIpc) is 2.46. The summed E-state index contributed by atoms with van der Waals surface area (Å²) in [4.78, 5) is 13.7. The first-order valence-electron chi connectivity index (χ1n) is 6.08. The Morgan fingerprint density at radius 1 is 1.20 bits per heavy atom. The molecule has 100 valence electrons. The molecule has 20 heavy (non-hydrogen) atoms. The molecule has 0 amide bonds. The van der Waals surface area contributed by atoms with E-state index in [1.165, 1.54) is 6.92 Å². The maximum Gasteiger partial charge on any atom is 0.161 e. The highest BCUT2D eigenvalue weighted by atomic mass is 79.9. The lowest BCUT2D eigenvalue weighted by molar-refractivity contribution is 0.101. The van der Waals surface area contributed by atoms with Gasteiger partial charge < -0.3 is 4.90 Å². The van der Waals surface area contributed by atoms with Crippen molar-refractivity contribution in [3.63, 3.8) is 0 Å². The molecule has 3 nitrogen and oxygen atoms in total. The van der Waals surface area contributed by atoms with E-state index in [9.17, 15) is 10.1 Å².